The Morgan fingerprint density at radius 2 is 2.12 bits per heavy atom. The molecule has 3 heteroatoms. The van der Waals surface area contributed by atoms with E-state index < -0.39 is 12.0 Å². The van der Waals surface area contributed by atoms with Crippen molar-refractivity contribution in [1.29, 1.82) is 0 Å². The van der Waals surface area contributed by atoms with Crippen molar-refractivity contribution in [3.05, 3.63) is 12.7 Å². The van der Waals surface area contributed by atoms with Gasteiger partial charge in [-0.25, -0.2) is 0 Å². The lowest BCUT2D eigenvalue weighted by atomic mass is 9.80. The zero-order valence-electron chi connectivity index (χ0n) is 10.0. The molecule has 1 fully saturated rings. The minimum atomic E-state index is -0.628. The van der Waals surface area contributed by atoms with Gasteiger partial charge in [0.05, 0.1) is 12.7 Å². The van der Waals surface area contributed by atoms with Gasteiger partial charge in [0.15, 0.2) is 0 Å². The van der Waals surface area contributed by atoms with E-state index in [1.807, 2.05) is 0 Å². The molecule has 1 rings (SSSR count). The topological polar surface area (TPSA) is 46.5 Å². The molecule has 0 heterocycles. The molecule has 0 saturated heterocycles. The molecule has 1 saturated carbocycles. The lowest BCUT2D eigenvalue weighted by molar-refractivity contribution is -0.151. The molecule has 16 heavy (non-hydrogen) atoms. The first-order valence-electron chi connectivity index (χ1n) is 6.18. The SMILES string of the molecule is C=C[C@H](C(=O)OCC)[C@H](O)C1CCCCC1. The van der Waals surface area contributed by atoms with E-state index in [4.69, 9.17) is 4.74 Å². The predicted octanol–water partition coefficient (Wildman–Crippen LogP) is 2.29. The van der Waals surface area contributed by atoms with Gasteiger partial charge in [-0.2, -0.15) is 0 Å². The molecule has 0 bridgehead atoms. The van der Waals surface area contributed by atoms with Crippen LogP contribution in [-0.4, -0.2) is 23.8 Å². The molecule has 3 nitrogen and oxygen atoms in total. The summed E-state index contributed by atoms with van der Waals surface area (Å²) < 4.78 is 4.94. The molecule has 0 unspecified atom stereocenters. The number of hydrogen-bond acceptors (Lipinski definition) is 3. The number of carbonyl (C=O) groups is 1. The minimum Gasteiger partial charge on any atom is -0.465 e. The Balaban J connectivity index is 2.56. The van der Waals surface area contributed by atoms with E-state index in [1.54, 1.807) is 6.92 Å². The van der Waals surface area contributed by atoms with Crippen LogP contribution in [0.3, 0.4) is 0 Å². The van der Waals surface area contributed by atoms with Gasteiger partial charge in [0.2, 0.25) is 0 Å². The number of carbonyl (C=O) groups excluding carboxylic acids is 1. The Kier molecular flexibility index (Phi) is 5.53. The molecule has 0 radical (unpaired) electrons. The molecular formula is C13H22O3. The predicted molar refractivity (Wildman–Crippen MR) is 62.9 cm³/mol. The van der Waals surface area contributed by atoms with Gasteiger partial charge in [-0.15, -0.1) is 6.58 Å². The fourth-order valence-corrected chi connectivity index (χ4v) is 2.38. The van der Waals surface area contributed by atoms with Crippen LogP contribution in [0, 0.1) is 11.8 Å². The molecule has 92 valence electrons. The third-order valence-electron chi connectivity index (χ3n) is 3.31. The van der Waals surface area contributed by atoms with Crippen molar-refractivity contribution in [3.63, 3.8) is 0 Å². The highest BCUT2D eigenvalue weighted by molar-refractivity contribution is 5.75. The van der Waals surface area contributed by atoms with Crippen molar-refractivity contribution in [3.8, 4) is 0 Å². The summed E-state index contributed by atoms with van der Waals surface area (Å²) in [5.74, 6) is -0.695. The second-order valence-electron chi connectivity index (χ2n) is 4.40. The van der Waals surface area contributed by atoms with E-state index in [0.29, 0.717) is 6.61 Å². The summed E-state index contributed by atoms with van der Waals surface area (Å²) in [5.41, 5.74) is 0. The third kappa shape index (κ3) is 3.34. The first-order chi connectivity index (χ1) is 7.70. The second kappa shape index (κ2) is 6.69. The molecule has 0 aromatic carbocycles. The quantitative estimate of drug-likeness (QED) is 0.578. The Morgan fingerprint density at radius 3 is 2.62 bits per heavy atom. The fourth-order valence-electron chi connectivity index (χ4n) is 2.38. The van der Waals surface area contributed by atoms with Crippen molar-refractivity contribution in [2.45, 2.75) is 45.1 Å². The number of ether oxygens (including phenoxy) is 1. The molecular weight excluding hydrogens is 204 g/mol. The van der Waals surface area contributed by atoms with E-state index in [2.05, 4.69) is 6.58 Å². The first kappa shape index (κ1) is 13.2. The van der Waals surface area contributed by atoms with Gasteiger partial charge in [0.25, 0.3) is 0 Å². The molecule has 0 aromatic heterocycles. The molecule has 2 atom stereocenters. The molecule has 0 aliphatic heterocycles. The molecule has 0 aromatic rings. The smallest absolute Gasteiger partial charge is 0.315 e. The molecule has 1 N–H and O–H groups in total. The van der Waals surface area contributed by atoms with Crippen molar-refractivity contribution in [1.82, 2.24) is 0 Å². The van der Waals surface area contributed by atoms with Crippen LogP contribution in [0.5, 0.6) is 0 Å². The summed E-state index contributed by atoms with van der Waals surface area (Å²) in [6.45, 7) is 5.74. The standard InChI is InChI=1S/C13H22O3/c1-3-11(13(15)16-4-2)12(14)10-8-6-5-7-9-10/h3,10-12,14H,1,4-9H2,2H3/t11-,12+/m0/s1. The highest BCUT2D eigenvalue weighted by Gasteiger charge is 2.32. The summed E-state index contributed by atoms with van der Waals surface area (Å²) >= 11 is 0. The Bertz CT molecular complexity index is 231. The van der Waals surface area contributed by atoms with Gasteiger partial charge in [-0.3, -0.25) is 4.79 Å². The summed E-state index contributed by atoms with van der Waals surface area (Å²) in [4.78, 5) is 11.6. The average Bonchev–Trinajstić information content (AvgIpc) is 2.31. The summed E-state index contributed by atoms with van der Waals surface area (Å²) in [5, 5.41) is 10.2. The first-order valence-corrected chi connectivity index (χ1v) is 6.18. The van der Waals surface area contributed by atoms with Gasteiger partial charge in [-0.1, -0.05) is 25.3 Å². The van der Waals surface area contributed by atoms with Crippen LogP contribution in [0.2, 0.25) is 0 Å². The zero-order chi connectivity index (χ0) is 12.0. The monoisotopic (exact) mass is 226 g/mol. The van der Waals surface area contributed by atoms with Crippen LogP contribution in [0.25, 0.3) is 0 Å². The Hall–Kier alpha value is -0.830. The lowest BCUT2D eigenvalue weighted by Gasteiger charge is -2.29. The van der Waals surface area contributed by atoms with Crippen molar-refractivity contribution in [2.24, 2.45) is 11.8 Å². The normalized spacial score (nSPS) is 21.1. The highest BCUT2D eigenvalue weighted by atomic mass is 16.5. The van der Waals surface area contributed by atoms with Gasteiger partial charge in [-0.05, 0) is 25.7 Å². The van der Waals surface area contributed by atoms with E-state index in [-0.39, 0.29) is 11.9 Å². The van der Waals surface area contributed by atoms with Gasteiger partial charge >= 0.3 is 5.97 Å². The van der Waals surface area contributed by atoms with E-state index >= 15 is 0 Å². The largest absolute Gasteiger partial charge is 0.465 e. The third-order valence-corrected chi connectivity index (χ3v) is 3.31. The van der Waals surface area contributed by atoms with Crippen molar-refractivity contribution < 1.29 is 14.6 Å². The minimum absolute atomic E-state index is 0.223. The number of esters is 1. The fraction of sp³-hybridized carbons (Fsp3) is 0.769. The maximum absolute atomic E-state index is 11.6. The Morgan fingerprint density at radius 1 is 1.50 bits per heavy atom. The van der Waals surface area contributed by atoms with E-state index in [1.165, 1.54) is 12.5 Å². The highest BCUT2D eigenvalue weighted by Crippen LogP contribution is 2.30. The number of hydrogen-bond donors (Lipinski definition) is 1. The molecule has 1 aliphatic rings. The van der Waals surface area contributed by atoms with Crippen molar-refractivity contribution in [2.75, 3.05) is 6.61 Å². The molecule has 1 aliphatic carbocycles. The van der Waals surface area contributed by atoms with Gasteiger partial charge in [0, 0.05) is 0 Å². The Labute approximate surface area is 97.5 Å². The van der Waals surface area contributed by atoms with E-state index in [9.17, 15) is 9.90 Å². The van der Waals surface area contributed by atoms with Gasteiger partial charge < -0.3 is 9.84 Å². The number of aliphatic hydroxyl groups is 1. The maximum Gasteiger partial charge on any atom is 0.315 e. The maximum atomic E-state index is 11.6. The van der Waals surface area contributed by atoms with Crippen LogP contribution < -0.4 is 0 Å². The van der Waals surface area contributed by atoms with Crippen LogP contribution in [0.4, 0.5) is 0 Å². The van der Waals surface area contributed by atoms with E-state index in [0.717, 1.165) is 25.7 Å². The van der Waals surface area contributed by atoms with Crippen LogP contribution in [0.1, 0.15) is 39.0 Å². The van der Waals surface area contributed by atoms with Crippen LogP contribution in [0.15, 0.2) is 12.7 Å². The lowest BCUT2D eigenvalue weighted by Crippen LogP contribution is -2.35. The summed E-state index contributed by atoms with van der Waals surface area (Å²) in [7, 11) is 0. The molecule has 0 amide bonds. The number of rotatable bonds is 5. The zero-order valence-corrected chi connectivity index (χ0v) is 10.0. The molecule has 0 spiro atoms. The summed E-state index contributed by atoms with van der Waals surface area (Å²) in [6, 6.07) is 0. The number of aliphatic hydroxyl groups excluding tert-OH is 1. The van der Waals surface area contributed by atoms with Crippen LogP contribution in [-0.2, 0) is 9.53 Å². The van der Waals surface area contributed by atoms with Gasteiger partial charge in [0.1, 0.15) is 5.92 Å². The van der Waals surface area contributed by atoms with Crippen molar-refractivity contribution >= 4 is 5.97 Å². The van der Waals surface area contributed by atoms with Crippen LogP contribution >= 0.6 is 0 Å². The second-order valence-corrected chi connectivity index (χ2v) is 4.40. The average molecular weight is 226 g/mol. The summed E-state index contributed by atoms with van der Waals surface area (Å²) in [6.07, 6.45) is 6.42.